The molecule has 1 rings (SSSR count). The summed E-state index contributed by atoms with van der Waals surface area (Å²) in [5.74, 6) is 0.339. The molecule has 1 unspecified atom stereocenters. The molecule has 0 saturated heterocycles. The second-order valence-electron chi connectivity index (χ2n) is 5.41. The predicted molar refractivity (Wildman–Crippen MR) is 84.2 cm³/mol. The number of aryl methyl sites for hydroxylation is 1. The highest BCUT2D eigenvalue weighted by atomic mass is 32.2. The molecule has 0 amide bonds. The lowest BCUT2D eigenvalue weighted by Crippen LogP contribution is -2.38. The van der Waals surface area contributed by atoms with Gasteiger partial charge in [-0.1, -0.05) is 32.8 Å². The average molecular weight is 298 g/mol. The zero-order chi connectivity index (χ0) is 15.5. The van der Waals surface area contributed by atoms with Gasteiger partial charge in [0.2, 0.25) is 10.0 Å². The average Bonchev–Trinajstić information content (AvgIpc) is 2.35. The molecule has 0 spiro atoms. The number of sulfonamides is 1. The van der Waals surface area contributed by atoms with Gasteiger partial charge in [-0.3, -0.25) is 0 Å². The number of anilines is 1. The van der Waals surface area contributed by atoms with E-state index < -0.39 is 10.0 Å². The van der Waals surface area contributed by atoms with Crippen molar-refractivity contribution in [1.82, 2.24) is 4.72 Å². The molecule has 0 heterocycles. The Morgan fingerprint density at radius 2 is 1.75 bits per heavy atom. The van der Waals surface area contributed by atoms with Crippen LogP contribution >= 0.6 is 0 Å². The minimum absolute atomic E-state index is 0.0877. The number of nitrogens with one attached hydrogen (secondary N) is 1. The normalized spacial score (nSPS) is 13.7. The first-order chi connectivity index (χ1) is 9.24. The smallest absolute Gasteiger partial charge is 0.241 e. The molecule has 0 aliphatic heterocycles. The van der Waals surface area contributed by atoms with Crippen molar-refractivity contribution in [2.45, 2.75) is 58.4 Å². The van der Waals surface area contributed by atoms with Gasteiger partial charge in [-0.05, 0) is 43.9 Å². The van der Waals surface area contributed by atoms with Gasteiger partial charge in [0.05, 0.1) is 4.90 Å². The molecule has 20 heavy (non-hydrogen) atoms. The lowest BCUT2D eigenvalue weighted by molar-refractivity contribution is 0.390. The van der Waals surface area contributed by atoms with Crippen LogP contribution in [-0.2, 0) is 10.0 Å². The predicted octanol–water partition coefficient (Wildman–Crippen LogP) is 2.99. The van der Waals surface area contributed by atoms with E-state index in [9.17, 15) is 8.42 Å². The molecule has 0 radical (unpaired) electrons. The first kappa shape index (κ1) is 17.0. The van der Waals surface area contributed by atoms with Gasteiger partial charge >= 0.3 is 0 Å². The molecule has 0 bridgehead atoms. The number of benzene rings is 1. The monoisotopic (exact) mass is 298 g/mol. The molecule has 114 valence electrons. The van der Waals surface area contributed by atoms with Crippen LogP contribution in [0.15, 0.2) is 17.0 Å². The standard InChI is InChI=1S/C15H26N2O2S/c1-6-13(7-2)12(5)17-20(18,19)15-10(3)8-9-14(16)11(15)4/h8-9,12-13,17H,6-7,16H2,1-5H3. The third-order valence-electron chi connectivity index (χ3n) is 4.01. The summed E-state index contributed by atoms with van der Waals surface area (Å²) in [5.41, 5.74) is 7.69. The van der Waals surface area contributed by atoms with Gasteiger partial charge in [0.1, 0.15) is 0 Å². The summed E-state index contributed by atoms with van der Waals surface area (Å²) in [7, 11) is -3.54. The summed E-state index contributed by atoms with van der Waals surface area (Å²) < 4.78 is 28.0. The Morgan fingerprint density at radius 1 is 1.20 bits per heavy atom. The Kier molecular flexibility index (Phi) is 5.59. The Bertz CT molecular complexity index is 563. The summed E-state index contributed by atoms with van der Waals surface area (Å²) in [4.78, 5) is 0.315. The quantitative estimate of drug-likeness (QED) is 0.793. The molecule has 0 aromatic heterocycles. The Hall–Kier alpha value is -1.07. The van der Waals surface area contributed by atoms with Gasteiger partial charge in [-0.25, -0.2) is 13.1 Å². The van der Waals surface area contributed by atoms with Crippen LogP contribution in [0.3, 0.4) is 0 Å². The van der Waals surface area contributed by atoms with Gasteiger partial charge in [0, 0.05) is 11.7 Å². The maximum absolute atomic E-state index is 12.6. The number of rotatable bonds is 6. The summed E-state index contributed by atoms with van der Waals surface area (Å²) in [6.45, 7) is 9.62. The van der Waals surface area contributed by atoms with E-state index in [0.29, 0.717) is 22.1 Å². The van der Waals surface area contributed by atoms with Gasteiger partial charge < -0.3 is 5.73 Å². The van der Waals surface area contributed by atoms with Crippen molar-refractivity contribution in [3.63, 3.8) is 0 Å². The first-order valence-electron chi connectivity index (χ1n) is 7.12. The molecule has 1 aromatic carbocycles. The van der Waals surface area contributed by atoms with Crippen LogP contribution in [0.25, 0.3) is 0 Å². The fraction of sp³-hybridized carbons (Fsp3) is 0.600. The Balaban J connectivity index is 3.16. The summed E-state index contributed by atoms with van der Waals surface area (Å²) in [6.07, 6.45) is 1.91. The second kappa shape index (κ2) is 6.59. The van der Waals surface area contributed by atoms with E-state index >= 15 is 0 Å². The SMILES string of the molecule is CCC(CC)C(C)NS(=O)(=O)c1c(C)ccc(N)c1C. The topological polar surface area (TPSA) is 72.2 Å². The van der Waals surface area contributed by atoms with Crippen molar-refractivity contribution in [3.05, 3.63) is 23.3 Å². The molecule has 1 atom stereocenters. The minimum Gasteiger partial charge on any atom is -0.398 e. The number of hydrogen-bond donors (Lipinski definition) is 2. The minimum atomic E-state index is -3.54. The van der Waals surface area contributed by atoms with Gasteiger partial charge in [-0.15, -0.1) is 0 Å². The van der Waals surface area contributed by atoms with Crippen LogP contribution in [-0.4, -0.2) is 14.5 Å². The Morgan fingerprint density at radius 3 is 2.25 bits per heavy atom. The molecule has 4 nitrogen and oxygen atoms in total. The number of nitrogens with two attached hydrogens (primary N) is 1. The molecule has 0 aliphatic carbocycles. The lowest BCUT2D eigenvalue weighted by atomic mass is 9.96. The molecular weight excluding hydrogens is 272 g/mol. The van der Waals surface area contributed by atoms with Crippen molar-refractivity contribution in [2.24, 2.45) is 5.92 Å². The molecule has 3 N–H and O–H groups in total. The molecule has 0 saturated carbocycles. The van der Waals surface area contributed by atoms with E-state index in [1.165, 1.54) is 0 Å². The van der Waals surface area contributed by atoms with Crippen molar-refractivity contribution in [1.29, 1.82) is 0 Å². The van der Waals surface area contributed by atoms with Crippen molar-refractivity contribution in [2.75, 3.05) is 5.73 Å². The number of hydrogen-bond acceptors (Lipinski definition) is 3. The third kappa shape index (κ3) is 3.52. The van der Waals surface area contributed by atoms with Crippen LogP contribution in [0.4, 0.5) is 5.69 Å². The molecule has 0 aliphatic rings. The maximum atomic E-state index is 12.6. The summed E-state index contributed by atoms with van der Waals surface area (Å²) in [5, 5.41) is 0. The van der Waals surface area contributed by atoms with Gasteiger partial charge in [-0.2, -0.15) is 0 Å². The van der Waals surface area contributed by atoms with Crippen LogP contribution < -0.4 is 10.5 Å². The largest absolute Gasteiger partial charge is 0.398 e. The molecule has 5 heteroatoms. The highest BCUT2D eigenvalue weighted by molar-refractivity contribution is 7.89. The van der Waals surface area contributed by atoms with Crippen LogP contribution in [0.5, 0.6) is 0 Å². The molecular formula is C15H26N2O2S. The molecule has 1 aromatic rings. The second-order valence-corrected chi connectivity index (χ2v) is 7.06. The Labute approximate surface area is 122 Å². The first-order valence-corrected chi connectivity index (χ1v) is 8.60. The van der Waals surface area contributed by atoms with Crippen molar-refractivity contribution >= 4 is 15.7 Å². The van der Waals surface area contributed by atoms with Crippen molar-refractivity contribution < 1.29 is 8.42 Å². The van der Waals surface area contributed by atoms with E-state index in [-0.39, 0.29) is 6.04 Å². The lowest BCUT2D eigenvalue weighted by Gasteiger charge is -2.23. The van der Waals surface area contributed by atoms with E-state index in [0.717, 1.165) is 18.4 Å². The maximum Gasteiger partial charge on any atom is 0.241 e. The fourth-order valence-corrected chi connectivity index (χ4v) is 4.46. The zero-order valence-electron chi connectivity index (χ0n) is 13.0. The summed E-state index contributed by atoms with van der Waals surface area (Å²) in [6, 6.07) is 3.41. The highest BCUT2D eigenvalue weighted by Crippen LogP contribution is 2.25. The molecule has 0 fully saturated rings. The number of nitrogen functional groups attached to an aromatic ring is 1. The van der Waals surface area contributed by atoms with Gasteiger partial charge in [0.25, 0.3) is 0 Å². The van der Waals surface area contributed by atoms with E-state index in [1.807, 2.05) is 6.92 Å². The van der Waals surface area contributed by atoms with E-state index in [4.69, 9.17) is 5.73 Å². The van der Waals surface area contributed by atoms with Gasteiger partial charge in [0.15, 0.2) is 0 Å². The van der Waals surface area contributed by atoms with E-state index in [2.05, 4.69) is 18.6 Å². The van der Waals surface area contributed by atoms with E-state index in [1.54, 1.807) is 26.0 Å². The highest BCUT2D eigenvalue weighted by Gasteiger charge is 2.25. The van der Waals surface area contributed by atoms with Crippen molar-refractivity contribution in [3.8, 4) is 0 Å². The van der Waals surface area contributed by atoms with Crippen LogP contribution in [0, 0.1) is 19.8 Å². The third-order valence-corrected chi connectivity index (χ3v) is 5.86. The zero-order valence-corrected chi connectivity index (χ0v) is 13.8. The van der Waals surface area contributed by atoms with Crippen LogP contribution in [0.2, 0.25) is 0 Å². The summed E-state index contributed by atoms with van der Waals surface area (Å²) >= 11 is 0. The fourth-order valence-electron chi connectivity index (χ4n) is 2.65. The van der Waals surface area contributed by atoms with Crippen LogP contribution in [0.1, 0.15) is 44.7 Å².